The molecule has 0 saturated heterocycles. The van der Waals surface area contributed by atoms with E-state index in [4.69, 9.17) is 17.4 Å². The van der Waals surface area contributed by atoms with Crippen LogP contribution >= 0.6 is 11.6 Å². The number of nitrogens with two attached hydrogens (primary N) is 1. The molecule has 1 aliphatic rings. The summed E-state index contributed by atoms with van der Waals surface area (Å²) in [5, 5.41) is 0.812. The maximum atomic E-state index is 11.0. The minimum Gasteiger partial charge on any atom is -0.299 e. The van der Waals surface area contributed by atoms with Crippen LogP contribution in [0.15, 0.2) is 30.3 Å². The fourth-order valence-electron chi connectivity index (χ4n) is 2.42. The van der Waals surface area contributed by atoms with E-state index in [1.54, 1.807) is 0 Å². The summed E-state index contributed by atoms with van der Waals surface area (Å²) in [6.45, 7) is 2.83. The maximum absolute atomic E-state index is 11.0. The SMILES string of the molecule is NNC(=O)CCCN1CC=C(c2ccccc2Cl)CC1. The first-order valence-corrected chi connectivity index (χ1v) is 7.24. The van der Waals surface area contributed by atoms with E-state index < -0.39 is 0 Å². The van der Waals surface area contributed by atoms with E-state index in [0.29, 0.717) is 6.42 Å². The Hall–Kier alpha value is -1.36. The zero-order chi connectivity index (χ0) is 14.4. The number of carbonyl (C=O) groups excluding carboxylic acids is 1. The van der Waals surface area contributed by atoms with Crippen molar-refractivity contribution in [3.05, 3.63) is 40.9 Å². The molecule has 1 heterocycles. The Balaban J connectivity index is 1.85. The van der Waals surface area contributed by atoms with Crippen LogP contribution in [-0.2, 0) is 4.79 Å². The van der Waals surface area contributed by atoms with Crippen LogP contribution in [0, 0.1) is 0 Å². The number of nitrogens with one attached hydrogen (secondary N) is 1. The molecule has 108 valence electrons. The number of hydrazine groups is 1. The molecular formula is C15H20ClN3O. The third-order valence-corrected chi connectivity index (χ3v) is 3.88. The zero-order valence-electron chi connectivity index (χ0n) is 11.4. The maximum Gasteiger partial charge on any atom is 0.233 e. The monoisotopic (exact) mass is 293 g/mol. The number of benzene rings is 1. The molecule has 0 fully saturated rings. The number of nitrogens with zero attached hydrogens (tertiary/aromatic N) is 1. The predicted octanol–water partition coefficient (Wildman–Crippen LogP) is 2.20. The lowest BCUT2D eigenvalue weighted by atomic mass is 9.99. The van der Waals surface area contributed by atoms with E-state index in [-0.39, 0.29) is 5.91 Å². The molecule has 0 atom stereocenters. The van der Waals surface area contributed by atoms with Crippen LogP contribution in [0.4, 0.5) is 0 Å². The normalized spacial score (nSPS) is 15.8. The average molecular weight is 294 g/mol. The highest BCUT2D eigenvalue weighted by atomic mass is 35.5. The minimum absolute atomic E-state index is 0.102. The molecule has 0 saturated carbocycles. The summed E-state index contributed by atoms with van der Waals surface area (Å²) in [4.78, 5) is 13.4. The molecule has 5 heteroatoms. The second kappa shape index (κ2) is 7.43. The summed E-state index contributed by atoms with van der Waals surface area (Å²) in [7, 11) is 0. The van der Waals surface area contributed by atoms with Crippen molar-refractivity contribution in [2.75, 3.05) is 19.6 Å². The summed E-state index contributed by atoms with van der Waals surface area (Å²) in [6, 6.07) is 7.95. The smallest absolute Gasteiger partial charge is 0.233 e. The van der Waals surface area contributed by atoms with Gasteiger partial charge in [0.25, 0.3) is 0 Å². The number of rotatable bonds is 5. The van der Waals surface area contributed by atoms with Crippen LogP contribution in [0.2, 0.25) is 5.02 Å². The Morgan fingerprint density at radius 1 is 1.40 bits per heavy atom. The molecule has 0 unspecified atom stereocenters. The predicted molar refractivity (Wildman–Crippen MR) is 82.1 cm³/mol. The molecule has 1 aromatic carbocycles. The Labute approximate surface area is 124 Å². The highest BCUT2D eigenvalue weighted by molar-refractivity contribution is 6.32. The molecule has 1 amide bonds. The van der Waals surface area contributed by atoms with Crippen molar-refractivity contribution in [1.29, 1.82) is 0 Å². The van der Waals surface area contributed by atoms with Crippen molar-refractivity contribution in [2.24, 2.45) is 5.84 Å². The van der Waals surface area contributed by atoms with Gasteiger partial charge in [-0.25, -0.2) is 5.84 Å². The summed E-state index contributed by atoms with van der Waals surface area (Å²) < 4.78 is 0. The first kappa shape index (κ1) is 15.0. The number of halogens is 1. The van der Waals surface area contributed by atoms with Gasteiger partial charge in [-0.2, -0.15) is 0 Å². The molecule has 1 aromatic rings. The Kier molecular flexibility index (Phi) is 5.59. The van der Waals surface area contributed by atoms with Crippen molar-refractivity contribution < 1.29 is 4.79 Å². The number of hydrogen-bond acceptors (Lipinski definition) is 3. The molecule has 0 aliphatic carbocycles. The van der Waals surface area contributed by atoms with Gasteiger partial charge < -0.3 is 0 Å². The van der Waals surface area contributed by atoms with Gasteiger partial charge >= 0.3 is 0 Å². The number of hydrogen-bond donors (Lipinski definition) is 2. The third-order valence-electron chi connectivity index (χ3n) is 3.55. The number of amides is 1. The van der Waals surface area contributed by atoms with Crippen LogP contribution in [0.25, 0.3) is 5.57 Å². The third kappa shape index (κ3) is 4.07. The zero-order valence-corrected chi connectivity index (χ0v) is 12.2. The Morgan fingerprint density at radius 2 is 2.20 bits per heavy atom. The van der Waals surface area contributed by atoms with E-state index in [9.17, 15) is 4.79 Å². The van der Waals surface area contributed by atoms with Gasteiger partial charge in [-0.05, 0) is 36.6 Å². The first-order valence-electron chi connectivity index (χ1n) is 6.86. The van der Waals surface area contributed by atoms with Crippen LogP contribution in [0.3, 0.4) is 0 Å². The molecule has 0 radical (unpaired) electrons. The molecule has 4 nitrogen and oxygen atoms in total. The lowest BCUT2D eigenvalue weighted by molar-refractivity contribution is -0.121. The molecule has 0 spiro atoms. The van der Waals surface area contributed by atoms with Gasteiger partial charge in [0.1, 0.15) is 0 Å². The molecule has 1 aliphatic heterocycles. The highest BCUT2D eigenvalue weighted by Gasteiger charge is 2.14. The fraction of sp³-hybridized carbons (Fsp3) is 0.400. The van der Waals surface area contributed by atoms with E-state index in [1.165, 1.54) is 5.57 Å². The van der Waals surface area contributed by atoms with E-state index in [2.05, 4.69) is 22.5 Å². The fourth-order valence-corrected chi connectivity index (χ4v) is 2.67. The first-order chi connectivity index (χ1) is 9.70. The second-order valence-corrected chi connectivity index (χ2v) is 5.34. The topological polar surface area (TPSA) is 58.4 Å². The van der Waals surface area contributed by atoms with E-state index in [1.807, 2.05) is 18.2 Å². The Morgan fingerprint density at radius 3 is 2.85 bits per heavy atom. The van der Waals surface area contributed by atoms with Crippen LogP contribution in [0.5, 0.6) is 0 Å². The molecule has 20 heavy (non-hydrogen) atoms. The van der Waals surface area contributed by atoms with Gasteiger partial charge in [0, 0.05) is 24.5 Å². The number of carbonyl (C=O) groups is 1. The highest BCUT2D eigenvalue weighted by Crippen LogP contribution is 2.28. The average Bonchev–Trinajstić information content (AvgIpc) is 2.48. The van der Waals surface area contributed by atoms with E-state index >= 15 is 0 Å². The molecule has 0 bridgehead atoms. The second-order valence-electron chi connectivity index (χ2n) is 4.93. The Bertz CT molecular complexity index is 502. The van der Waals surface area contributed by atoms with Gasteiger partial charge in [-0.1, -0.05) is 35.9 Å². The largest absolute Gasteiger partial charge is 0.299 e. The summed E-state index contributed by atoms with van der Waals surface area (Å²) in [6.07, 6.45) is 4.53. The minimum atomic E-state index is -0.102. The van der Waals surface area contributed by atoms with Crippen LogP contribution < -0.4 is 11.3 Å². The van der Waals surface area contributed by atoms with Crippen LogP contribution in [-0.4, -0.2) is 30.4 Å². The van der Waals surface area contributed by atoms with Crippen molar-refractivity contribution in [3.8, 4) is 0 Å². The van der Waals surface area contributed by atoms with E-state index in [0.717, 1.165) is 43.1 Å². The lowest BCUT2D eigenvalue weighted by Gasteiger charge is -2.26. The summed E-state index contributed by atoms with van der Waals surface area (Å²) in [5.74, 6) is 4.95. The molecular weight excluding hydrogens is 274 g/mol. The summed E-state index contributed by atoms with van der Waals surface area (Å²) in [5.41, 5.74) is 4.60. The van der Waals surface area contributed by atoms with Gasteiger partial charge in [-0.15, -0.1) is 0 Å². The van der Waals surface area contributed by atoms with Gasteiger partial charge in [0.2, 0.25) is 5.91 Å². The summed E-state index contributed by atoms with van der Waals surface area (Å²) >= 11 is 6.22. The molecule has 3 N–H and O–H groups in total. The molecule has 0 aromatic heterocycles. The van der Waals surface area contributed by atoms with Crippen molar-refractivity contribution in [3.63, 3.8) is 0 Å². The standard InChI is InChI=1S/C15H20ClN3O/c16-14-5-2-1-4-13(14)12-7-10-19(11-8-12)9-3-6-15(20)18-17/h1-2,4-5,7H,3,6,8-11,17H2,(H,18,20). The van der Waals surface area contributed by atoms with Crippen molar-refractivity contribution in [2.45, 2.75) is 19.3 Å². The van der Waals surface area contributed by atoms with Gasteiger partial charge in [-0.3, -0.25) is 15.1 Å². The van der Waals surface area contributed by atoms with Gasteiger partial charge in [0.05, 0.1) is 0 Å². The quantitative estimate of drug-likeness (QED) is 0.497. The van der Waals surface area contributed by atoms with Crippen LogP contribution in [0.1, 0.15) is 24.8 Å². The van der Waals surface area contributed by atoms with Crippen molar-refractivity contribution in [1.82, 2.24) is 10.3 Å². The van der Waals surface area contributed by atoms with Gasteiger partial charge in [0.15, 0.2) is 0 Å². The molecule has 2 rings (SSSR count). The lowest BCUT2D eigenvalue weighted by Crippen LogP contribution is -2.32. The van der Waals surface area contributed by atoms with Crippen molar-refractivity contribution >= 4 is 23.1 Å².